The topological polar surface area (TPSA) is 37.3 Å². The molecule has 1 fully saturated rings. The van der Waals surface area contributed by atoms with Crippen LogP contribution in [-0.2, 0) is 11.2 Å². The van der Waals surface area contributed by atoms with Gasteiger partial charge in [0.15, 0.2) is 0 Å². The second-order valence-electron chi connectivity index (χ2n) is 5.83. The van der Waals surface area contributed by atoms with Crippen LogP contribution in [0.4, 0.5) is 0 Å². The number of carbonyl (C=O) groups is 1. The van der Waals surface area contributed by atoms with Gasteiger partial charge >= 0.3 is 5.97 Å². The van der Waals surface area contributed by atoms with Crippen molar-refractivity contribution >= 4 is 5.97 Å². The van der Waals surface area contributed by atoms with Crippen molar-refractivity contribution in [2.75, 3.05) is 0 Å². The molecular formula is C17H24O2. The first-order valence-corrected chi connectivity index (χ1v) is 7.49. The molecule has 1 atom stereocenters. The van der Waals surface area contributed by atoms with Crippen LogP contribution in [0, 0.1) is 5.92 Å². The average molecular weight is 260 g/mol. The van der Waals surface area contributed by atoms with Crippen LogP contribution in [0.5, 0.6) is 0 Å². The number of aliphatic carboxylic acids is 1. The first-order chi connectivity index (χ1) is 9.18. The Bertz CT molecular complexity index is 417. The van der Waals surface area contributed by atoms with E-state index in [1.54, 1.807) is 6.92 Å². The standard InChI is InChI=1S/C17H24O2/c1-13(17(18)19)12-15-10-6-7-11-16(15)14-8-4-2-3-5-9-14/h6-7,10-11,13-14H,2-5,8-9,12H2,1H3,(H,18,19). The predicted octanol–water partition coefficient (Wildman–Crippen LogP) is 4.39. The minimum Gasteiger partial charge on any atom is -0.481 e. The molecule has 0 saturated heterocycles. The molecule has 1 N–H and O–H groups in total. The molecule has 2 rings (SSSR count). The Morgan fingerprint density at radius 3 is 2.47 bits per heavy atom. The summed E-state index contributed by atoms with van der Waals surface area (Å²) >= 11 is 0. The van der Waals surface area contributed by atoms with Crippen molar-refractivity contribution in [3.63, 3.8) is 0 Å². The quantitative estimate of drug-likeness (QED) is 0.815. The Hall–Kier alpha value is -1.31. The molecule has 0 amide bonds. The zero-order chi connectivity index (χ0) is 13.7. The van der Waals surface area contributed by atoms with Gasteiger partial charge in [0, 0.05) is 0 Å². The molecule has 19 heavy (non-hydrogen) atoms. The molecule has 104 valence electrons. The van der Waals surface area contributed by atoms with Gasteiger partial charge in [-0.05, 0) is 36.3 Å². The summed E-state index contributed by atoms with van der Waals surface area (Å²) in [5.74, 6) is -0.359. The highest BCUT2D eigenvalue weighted by molar-refractivity contribution is 5.70. The molecule has 2 heteroatoms. The van der Waals surface area contributed by atoms with Gasteiger partial charge in [-0.15, -0.1) is 0 Å². The normalized spacial score (nSPS) is 18.8. The van der Waals surface area contributed by atoms with E-state index in [9.17, 15) is 4.79 Å². The van der Waals surface area contributed by atoms with E-state index in [1.165, 1.54) is 49.7 Å². The van der Waals surface area contributed by atoms with Crippen LogP contribution in [0.3, 0.4) is 0 Å². The zero-order valence-electron chi connectivity index (χ0n) is 11.8. The van der Waals surface area contributed by atoms with Crippen LogP contribution in [0.25, 0.3) is 0 Å². The predicted molar refractivity (Wildman–Crippen MR) is 77.4 cm³/mol. The fourth-order valence-electron chi connectivity index (χ4n) is 3.13. The number of hydrogen-bond donors (Lipinski definition) is 1. The summed E-state index contributed by atoms with van der Waals surface area (Å²) in [6.45, 7) is 1.80. The minimum atomic E-state index is -0.698. The van der Waals surface area contributed by atoms with Gasteiger partial charge in [0.2, 0.25) is 0 Å². The summed E-state index contributed by atoms with van der Waals surface area (Å²) in [6, 6.07) is 8.44. The number of hydrogen-bond acceptors (Lipinski definition) is 1. The summed E-state index contributed by atoms with van der Waals surface area (Å²) in [4.78, 5) is 11.0. The van der Waals surface area contributed by atoms with Gasteiger partial charge in [-0.1, -0.05) is 56.9 Å². The highest BCUT2D eigenvalue weighted by atomic mass is 16.4. The number of rotatable bonds is 4. The Kier molecular flexibility index (Phi) is 5.00. The second kappa shape index (κ2) is 6.74. The van der Waals surface area contributed by atoms with Gasteiger partial charge in [-0.2, -0.15) is 0 Å². The largest absolute Gasteiger partial charge is 0.481 e. The molecule has 0 spiro atoms. The Labute approximate surface area is 115 Å². The fourth-order valence-corrected chi connectivity index (χ4v) is 3.13. The maximum atomic E-state index is 11.0. The van der Waals surface area contributed by atoms with Gasteiger partial charge in [-0.25, -0.2) is 0 Å². The van der Waals surface area contributed by atoms with Crippen molar-refractivity contribution < 1.29 is 9.90 Å². The summed E-state index contributed by atoms with van der Waals surface area (Å²) in [6.07, 6.45) is 8.51. The molecule has 1 aliphatic rings. The third-order valence-electron chi connectivity index (χ3n) is 4.30. The summed E-state index contributed by atoms with van der Waals surface area (Å²) in [7, 11) is 0. The van der Waals surface area contributed by atoms with E-state index in [0.29, 0.717) is 12.3 Å². The smallest absolute Gasteiger partial charge is 0.306 e. The second-order valence-corrected chi connectivity index (χ2v) is 5.83. The molecule has 1 saturated carbocycles. The summed E-state index contributed by atoms with van der Waals surface area (Å²) in [5.41, 5.74) is 2.64. The molecule has 0 bridgehead atoms. The first kappa shape index (κ1) is 14.1. The van der Waals surface area contributed by atoms with Crippen molar-refractivity contribution in [3.05, 3.63) is 35.4 Å². The van der Waals surface area contributed by atoms with E-state index in [0.717, 1.165) is 0 Å². The Morgan fingerprint density at radius 1 is 1.21 bits per heavy atom. The highest BCUT2D eigenvalue weighted by Crippen LogP contribution is 2.34. The van der Waals surface area contributed by atoms with Gasteiger partial charge in [0.25, 0.3) is 0 Å². The maximum Gasteiger partial charge on any atom is 0.306 e. The van der Waals surface area contributed by atoms with Crippen LogP contribution in [-0.4, -0.2) is 11.1 Å². The summed E-state index contributed by atoms with van der Waals surface area (Å²) in [5, 5.41) is 9.09. The number of carboxylic acid groups (broad SMARTS) is 1. The molecule has 0 heterocycles. The molecular weight excluding hydrogens is 236 g/mol. The maximum absolute atomic E-state index is 11.0. The zero-order valence-corrected chi connectivity index (χ0v) is 11.8. The van der Waals surface area contributed by atoms with E-state index >= 15 is 0 Å². The third kappa shape index (κ3) is 3.82. The Morgan fingerprint density at radius 2 is 1.84 bits per heavy atom. The monoisotopic (exact) mass is 260 g/mol. The lowest BCUT2D eigenvalue weighted by molar-refractivity contribution is -0.141. The number of carboxylic acids is 1. The Balaban J connectivity index is 2.17. The van der Waals surface area contributed by atoms with Gasteiger partial charge in [-0.3, -0.25) is 4.79 Å². The van der Waals surface area contributed by atoms with Crippen LogP contribution in [0.2, 0.25) is 0 Å². The molecule has 1 aromatic carbocycles. The van der Waals surface area contributed by atoms with Crippen molar-refractivity contribution in [2.45, 2.75) is 57.8 Å². The van der Waals surface area contributed by atoms with Crippen LogP contribution >= 0.6 is 0 Å². The molecule has 0 aliphatic heterocycles. The minimum absolute atomic E-state index is 0.299. The molecule has 0 aromatic heterocycles. The van der Waals surface area contributed by atoms with Crippen LogP contribution < -0.4 is 0 Å². The van der Waals surface area contributed by atoms with Crippen molar-refractivity contribution in [3.8, 4) is 0 Å². The van der Waals surface area contributed by atoms with Crippen molar-refractivity contribution in [2.24, 2.45) is 5.92 Å². The van der Waals surface area contributed by atoms with Gasteiger partial charge in [0.1, 0.15) is 0 Å². The summed E-state index contributed by atoms with van der Waals surface area (Å²) < 4.78 is 0. The highest BCUT2D eigenvalue weighted by Gasteiger charge is 2.19. The van der Waals surface area contributed by atoms with E-state index < -0.39 is 5.97 Å². The molecule has 0 radical (unpaired) electrons. The third-order valence-corrected chi connectivity index (χ3v) is 4.30. The fraction of sp³-hybridized carbons (Fsp3) is 0.588. The van der Waals surface area contributed by atoms with E-state index in [1.807, 2.05) is 6.07 Å². The van der Waals surface area contributed by atoms with E-state index in [2.05, 4.69) is 18.2 Å². The number of benzene rings is 1. The lowest BCUT2D eigenvalue weighted by Crippen LogP contribution is -2.14. The lowest BCUT2D eigenvalue weighted by atomic mass is 9.85. The molecule has 1 aliphatic carbocycles. The van der Waals surface area contributed by atoms with E-state index in [4.69, 9.17) is 5.11 Å². The van der Waals surface area contributed by atoms with Crippen molar-refractivity contribution in [1.82, 2.24) is 0 Å². The molecule has 1 unspecified atom stereocenters. The van der Waals surface area contributed by atoms with E-state index in [-0.39, 0.29) is 5.92 Å². The van der Waals surface area contributed by atoms with Gasteiger partial charge in [0.05, 0.1) is 5.92 Å². The lowest BCUT2D eigenvalue weighted by Gasteiger charge is -2.19. The average Bonchev–Trinajstić information content (AvgIpc) is 2.68. The van der Waals surface area contributed by atoms with Crippen LogP contribution in [0.1, 0.15) is 62.5 Å². The SMILES string of the molecule is CC(Cc1ccccc1C1CCCCCC1)C(=O)O. The first-order valence-electron chi connectivity index (χ1n) is 7.49. The molecule has 1 aromatic rings. The van der Waals surface area contributed by atoms with Crippen molar-refractivity contribution in [1.29, 1.82) is 0 Å². The van der Waals surface area contributed by atoms with Gasteiger partial charge < -0.3 is 5.11 Å². The molecule has 2 nitrogen and oxygen atoms in total. The van der Waals surface area contributed by atoms with Crippen LogP contribution in [0.15, 0.2) is 24.3 Å².